The third-order valence-corrected chi connectivity index (χ3v) is 6.22. The van der Waals surface area contributed by atoms with E-state index in [1.807, 2.05) is 54.6 Å². The van der Waals surface area contributed by atoms with Crippen molar-refractivity contribution in [3.63, 3.8) is 0 Å². The molecule has 4 aromatic rings. The van der Waals surface area contributed by atoms with Gasteiger partial charge in [-0.25, -0.2) is 4.98 Å². The number of ether oxygens (including phenoxy) is 1. The Morgan fingerprint density at radius 1 is 1.06 bits per heavy atom. The van der Waals surface area contributed by atoms with Gasteiger partial charge in [0.05, 0.1) is 29.8 Å². The van der Waals surface area contributed by atoms with E-state index in [1.54, 1.807) is 25.3 Å². The number of rotatable bonds is 8. The number of benzene rings is 3. The summed E-state index contributed by atoms with van der Waals surface area (Å²) < 4.78 is 6.67. The number of fused-ring (bicyclic) bond motifs is 1. The zero-order chi connectivity index (χ0) is 23.2. The molecule has 168 valence electrons. The van der Waals surface area contributed by atoms with Crippen molar-refractivity contribution < 1.29 is 9.53 Å². The highest BCUT2D eigenvalue weighted by molar-refractivity contribution is 7.99. The molecule has 0 saturated carbocycles. The molecule has 1 amide bonds. The maximum Gasteiger partial charge on any atom is 0.262 e. The smallest absolute Gasteiger partial charge is 0.262 e. The van der Waals surface area contributed by atoms with Crippen LogP contribution in [0.4, 0.5) is 5.69 Å². The van der Waals surface area contributed by atoms with Gasteiger partial charge in [-0.1, -0.05) is 65.8 Å². The average Bonchev–Trinajstić information content (AvgIpc) is 2.83. The number of nitrogens with one attached hydrogen (secondary N) is 1. The minimum atomic E-state index is -0.189. The number of thioether (sulfide) groups is 1. The van der Waals surface area contributed by atoms with Gasteiger partial charge in [0, 0.05) is 17.8 Å². The normalized spacial score (nSPS) is 11.0. The van der Waals surface area contributed by atoms with E-state index in [-0.39, 0.29) is 17.2 Å². The Hall–Kier alpha value is -3.13. The predicted octanol–water partition coefficient (Wildman–Crippen LogP) is 5.09. The van der Waals surface area contributed by atoms with Gasteiger partial charge in [-0.15, -0.1) is 0 Å². The molecule has 1 aromatic heterocycles. The number of halogens is 1. The first-order valence-electron chi connectivity index (χ1n) is 10.3. The van der Waals surface area contributed by atoms with E-state index in [0.29, 0.717) is 39.9 Å². The third-order valence-electron chi connectivity index (χ3n) is 5.01. The van der Waals surface area contributed by atoms with E-state index in [0.717, 1.165) is 11.1 Å². The zero-order valence-electron chi connectivity index (χ0n) is 18.0. The lowest BCUT2D eigenvalue weighted by Gasteiger charge is -2.13. The summed E-state index contributed by atoms with van der Waals surface area (Å²) in [5.74, 6) is -0.0856. The molecule has 0 fully saturated rings. The molecule has 6 nitrogen and oxygen atoms in total. The van der Waals surface area contributed by atoms with E-state index >= 15 is 0 Å². The zero-order valence-corrected chi connectivity index (χ0v) is 19.5. The maximum absolute atomic E-state index is 13.0. The molecule has 0 bridgehead atoms. The molecule has 1 heterocycles. The fraction of sp³-hybridized carbons (Fsp3) is 0.160. The number of amides is 1. The molecule has 1 N–H and O–H groups in total. The van der Waals surface area contributed by atoms with Gasteiger partial charge in [0.15, 0.2) is 5.16 Å². The second-order valence-electron chi connectivity index (χ2n) is 7.29. The van der Waals surface area contributed by atoms with Gasteiger partial charge in [0.25, 0.3) is 5.56 Å². The van der Waals surface area contributed by atoms with Crippen LogP contribution in [-0.4, -0.2) is 34.9 Å². The average molecular weight is 480 g/mol. The molecule has 0 atom stereocenters. The number of nitrogens with zero attached hydrogens (tertiary/aromatic N) is 2. The fourth-order valence-corrected chi connectivity index (χ4v) is 4.36. The number of hydrogen-bond donors (Lipinski definition) is 1. The largest absolute Gasteiger partial charge is 0.383 e. The van der Waals surface area contributed by atoms with Crippen LogP contribution in [0.2, 0.25) is 5.02 Å². The summed E-state index contributed by atoms with van der Waals surface area (Å²) in [7, 11) is 1.57. The highest BCUT2D eigenvalue weighted by atomic mass is 35.5. The Morgan fingerprint density at radius 3 is 2.52 bits per heavy atom. The van der Waals surface area contributed by atoms with Crippen LogP contribution in [0.5, 0.6) is 0 Å². The SMILES string of the molecule is COCCn1c(SCC(=O)Nc2ccc(-c3ccccc3)cc2)nc2cc(Cl)ccc2c1=O. The molecular formula is C25H22ClN3O3S. The lowest BCUT2D eigenvalue weighted by molar-refractivity contribution is -0.113. The number of anilines is 1. The van der Waals surface area contributed by atoms with Crippen molar-refractivity contribution in [3.05, 3.63) is 88.2 Å². The van der Waals surface area contributed by atoms with Gasteiger partial charge >= 0.3 is 0 Å². The minimum absolute atomic E-state index is 0.103. The first kappa shape index (κ1) is 23.0. The van der Waals surface area contributed by atoms with Crippen LogP contribution in [0, 0.1) is 0 Å². The molecule has 0 unspecified atom stereocenters. The van der Waals surface area contributed by atoms with Crippen LogP contribution >= 0.6 is 23.4 Å². The molecule has 4 rings (SSSR count). The highest BCUT2D eigenvalue weighted by Gasteiger charge is 2.14. The lowest BCUT2D eigenvalue weighted by atomic mass is 10.1. The van der Waals surface area contributed by atoms with Gasteiger partial charge < -0.3 is 10.1 Å². The molecule has 8 heteroatoms. The van der Waals surface area contributed by atoms with Gasteiger partial charge in [0.2, 0.25) is 5.91 Å². The van der Waals surface area contributed by atoms with Crippen molar-refractivity contribution in [3.8, 4) is 11.1 Å². The van der Waals surface area contributed by atoms with Gasteiger partial charge in [-0.3, -0.25) is 14.2 Å². The van der Waals surface area contributed by atoms with Crippen molar-refractivity contribution in [1.29, 1.82) is 0 Å². The molecule has 0 aliphatic heterocycles. The van der Waals surface area contributed by atoms with Crippen molar-refractivity contribution in [2.75, 3.05) is 24.8 Å². The quantitative estimate of drug-likeness (QED) is 0.281. The first-order valence-corrected chi connectivity index (χ1v) is 11.7. The van der Waals surface area contributed by atoms with Crippen LogP contribution in [0.15, 0.2) is 82.7 Å². The van der Waals surface area contributed by atoms with Crippen molar-refractivity contribution in [2.45, 2.75) is 11.7 Å². The minimum Gasteiger partial charge on any atom is -0.383 e. The fourth-order valence-electron chi connectivity index (χ4n) is 3.37. The highest BCUT2D eigenvalue weighted by Crippen LogP contribution is 2.23. The summed E-state index contributed by atoms with van der Waals surface area (Å²) in [6, 6.07) is 22.7. The van der Waals surface area contributed by atoms with Crippen molar-refractivity contribution >= 4 is 45.9 Å². The molecule has 0 aliphatic rings. The van der Waals surface area contributed by atoms with E-state index < -0.39 is 0 Å². The van der Waals surface area contributed by atoms with Gasteiger partial charge in [0.1, 0.15) is 0 Å². The van der Waals surface area contributed by atoms with Crippen LogP contribution < -0.4 is 10.9 Å². The summed E-state index contributed by atoms with van der Waals surface area (Å²) in [5, 5.41) is 4.31. The summed E-state index contributed by atoms with van der Waals surface area (Å²) in [6.07, 6.45) is 0. The topological polar surface area (TPSA) is 73.2 Å². The molecule has 0 spiro atoms. The second kappa shape index (κ2) is 10.7. The van der Waals surface area contributed by atoms with Crippen LogP contribution in [0.3, 0.4) is 0 Å². The van der Waals surface area contributed by atoms with Crippen molar-refractivity contribution in [1.82, 2.24) is 9.55 Å². The number of carbonyl (C=O) groups is 1. The molecule has 33 heavy (non-hydrogen) atoms. The Bertz CT molecular complexity index is 1320. The number of carbonyl (C=O) groups excluding carboxylic acids is 1. The number of methoxy groups -OCH3 is 1. The van der Waals surface area contributed by atoms with E-state index in [2.05, 4.69) is 10.3 Å². The van der Waals surface area contributed by atoms with E-state index in [9.17, 15) is 9.59 Å². The van der Waals surface area contributed by atoms with Gasteiger partial charge in [-0.05, 0) is 41.5 Å². The van der Waals surface area contributed by atoms with Gasteiger partial charge in [-0.2, -0.15) is 0 Å². The number of hydrogen-bond acceptors (Lipinski definition) is 5. The summed E-state index contributed by atoms with van der Waals surface area (Å²) in [4.78, 5) is 30.1. The van der Waals surface area contributed by atoms with Crippen LogP contribution in [0.25, 0.3) is 22.0 Å². The Labute approximate surface area is 200 Å². The summed E-state index contributed by atoms with van der Waals surface area (Å²) in [5.41, 5.74) is 3.20. The lowest BCUT2D eigenvalue weighted by Crippen LogP contribution is -2.26. The molecular weight excluding hydrogens is 458 g/mol. The second-order valence-corrected chi connectivity index (χ2v) is 8.66. The standard InChI is InChI=1S/C25H22ClN3O3S/c1-32-14-13-29-24(31)21-12-9-19(26)15-22(21)28-25(29)33-16-23(30)27-20-10-7-18(8-11-20)17-5-3-2-4-6-17/h2-12,15H,13-14,16H2,1H3,(H,27,30). The monoisotopic (exact) mass is 479 g/mol. The predicted molar refractivity (Wildman–Crippen MR) is 134 cm³/mol. The Morgan fingerprint density at radius 2 is 1.79 bits per heavy atom. The Balaban J connectivity index is 1.48. The Kier molecular flexibility index (Phi) is 7.44. The third kappa shape index (κ3) is 5.63. The first-order chi connectivity index (χ1) is 16.0. The van der Waals surface area contributed by atoms with Crippen LogP contribution in [0.1, 0.15) is 0 Å². The van der Waals surface area contributed by atoms with E-state index in [1.165, 1.54) is 16.3 Å². The van der Waals surface area contributed by atoms with Crippen LogP contribution in [-0.2, 0) is 16.1 Å². The van der Waals surface area contributed by atoms with E-state index in [4.69, 9.17) is 16.3 Å². The summed E-state index contributed by atoms with van der Waals surface area (Å²) in [6.45, 7) is 0.694. The maximum atomic E-state index is 13.0. The molecule has 3 aromatic carbocycles. The summed E-state index contributed by atoms with van der Waals surface area (Å²) >= 11 is 7.28. The number of aromatic nitrogens is 2. The van der Waals surface area contributed by atoms with Crippen molar-refractivity contribution in [2.24, 2.45) is 0 Å². The molecule has 0 radical (unpaired) electrons. The molecule has 0 saturated heterocycles. The molecule has 0 aliphatic carbocycles.